The molecule has 18 heavy (non-hydrogen) atoms. The van der Waals surface area contributed by atoms with Crippen LogP contribution in [0.5, 0.6) is 0 Å². The highest BCUT2D eigenvalue weighted by Gasteiger charge is 2.25. The van der Waals surface area contributed by atoms with Gasteiger partial charge in [0.25, 0.3) is 0 Å². The lowest BCUT2D eigenvalue weighted by Crippen LogP contribution is -2.42. The molecule has 1 aliphatic heterocycles. The Labute approximate surface area is 113 Å². The first-order valence-electron chi connectivity index (χ1n) is 6.84. The molecule has 0 radical (unpaired) electrons. The van der Waals surface area contributed by atoms with E-state index in [0.29, 0.717) is 18.4 Å². The third-order valence-corrected chi connectivity index (χ3v) is 4.36. The van der Waals surface area contributed by atoms with Gasteiger partial charge in [-0.2, -0.15) is 0 Å². The maximum atomic E-state index is 12.3. The summed E-state index contributed by atoms with van der Waals surface area (Å²) in [5, 5.41) is 5.42. The molecular formula is C14H22N2OS. The minimum absolute atomic E-state index is 0.318. The van der Waals surface area contributed by atoms with Crippen LogP contribution in [0.3, 0.4) is 0 Å². The molecule has 0 spiro atoms. The lowest BCUT2D eigenvalue weighted by atomic mass is 10.1. The second kappa shape index (κ2) is 6.90. The fraction of sp³-hybridized carbons (Fsp3) is 0.643. The smallest absolute Gasteiger partial charge is 0.223 e. The number of carbonyl (C=O) groups excluding carboxylic acids is 1. The highest BCUT2D eigenvalue weighted by molar-refractivity contribution is 7.09. The van der Waals surface area contributed by atoms with Crippen LogP contribution in [0.2, 0.25) is 0 Å². The van der Waals surface area contributed by atoms with Gasteiger partial charge in [-0.15, -0.1) is 11.3 Å². The van der Waals surface area contributed by atoms with Gasteiger partial charge in [-0.25, -0.2) is 0 Å². The minimum Gasteiger partial charge on any atom is -0.338 e. The molecule has 0 bridgehead atoms. The van der Waals surface area contributed by atoms with Crippen LogP contribution in [0.15, 0.2) is 17.5 Å². The predicted molar refractivity (Wildman–Crippen MR) is 75.9 cm³/mol. The SMILES string of the molecule is CCCN(C(=O)CCc1cccs1)C1CCNC1. The Hall–Kier alpha value is -0.870. The van der Waals surface area contributed by atoms with Crippen molar-refractivity contribution in [1.29, 1.82) is 0 Å². The molecule has 1 aromatic heterocycles. The first kappa shape index (κ1) is 13.6. The summed E-state index contributed by atoms with van der Waals surface area (Å²) in [7, 11) is 0. The summed E-state index contributed by atoms with van der Waals surface area (Å²) in [6, 6.07) is 4.58. The molecule has 1 unspecified atom stereocenters. The van der Waals surface area contributed by atoms with Crippen molar-refractivity contribution in [1.82, 2.24) is 10.2 Å². The van der Waals surface area contributed by atoms with E-state index in [0.717, 1.165) is 38.9 Å². The Bertz CT molecular complexity index is 358. The summed E-state index contributed by atoms with van der Waals surface area (Å²) >= 11 is 1.74. The van der Waals surface area contributed by atoms with E-state index in [1.54, 1.807) is 11.3 Å². The molecule has 2 rings (SSSR count). The highest BCUT2D eigenvalue weighted by Crippen LogP contribution is 2.15. The van der Waals surface area contributed by atoms with Crippen LogP contribution in [-0.4, -0.2) is 36.5 Å². The molecule has 1 aliphatic rings. The second-order valence-electron chi connectivity index (χ2n) is 4.81. The Morgan fingerprint density at radius 2 is 2.50 bits per heavy atom. The quantitative estimate of drug-likeness (QED) is 0.857. The number of nitrogens with one attached hydrogen (secondary N) is 1. The molecule has 100 valence electrons. The maximum absolute atomic E-state index is 12.3. The number of rotatable bonds is 6. The Morgan fingerprint density at radius 1 is 1.61 bits per heavy atom. The molecule has 1 fully saturated rings. The predicted octanol–water partition coefficient (Wildman–Crippen LogP) is 2.28. The summed E-state index contributed by atoms with van der Waals surface area (Å²) in [6.07, 6.45) is 3.68. The Morgan fingerprint density at radius 3 is 3.11 bits per heavy atom. The van der Waals surface area contributed by atoms with E-state index in [1.807, 2.05) is 0 Å². The molecule has 1 amide bonds. The monoisotopic (exact) mass is 266 g/mol. The molecule has 0 aromatic carbocycles. The van der Waals surface area contributed by atoms with Gasteiger partial charge in [-0.3, -0.25) is 4.79 Å². The molecule has 3 nitrogen and oxygen atoms in total. The van der Waals surface area contributed by atoms with Crippen LogP contribution in [-0.2, 0) is 11.2 Å². The van der Waals surface area contributed by atoms with E-state index in [1.165, 1.54) is 4.88 Å². The standard InChI is InChI=1S/C14H22N2OS/c1-2-9-16(12-7-8-15-11-12)14(17)6-5-13-4-3-10-18-13/h3-4,10,12,15H,2,5-9,11H2,1H3. The molecule has 2 heterocycles. The number of amides is 1. The van der Waals surface area contributed by atoms with E-state index >= 15 is 0 Å². The van der Waals surface area contributed by atoms with Crippen molar-refractivity contribution < 1.29 is 4.79 Å². The maximum Gasteiger partial charge on any atom is 0.223 e. The van der Waals surface area contributed by atoms with Gasteiger partial charge in [0.05, 0.1) is 0 Å². The molecule has 0 saturated carbocycles. The van der Waals surface area contributed by atoms with Gasteiger partial charge >= 0.3 is 0 Å². The minimum atomic E-state index is 0.318. The van der Waals surface area contributed by atoms with Gasteiger partial charge < -0.3 is 10.2 Å². The molecule has 4 heteroatoms. The zero-order valence-electron chi connectivity index (χ0n) is 11.0. The lowest BCUT2D eigenvalue weighted by Gasteiger charge is -2.28. The average molecular weight is 266 g/mol. The number of aryl methyl sites for hydroxylation is 1. The topological polar surface area (TPSA) is 32.3 Å². The third kappa shape index (κ3) is 3.56. The van der Waals surface area contributed by atoms with Crippen molar-refractivity contribution in [3.8, 4) is 0 Å². The summed E-state index contributed by atoms with van der Waals surface area (Å²) < 4.78 is 0. The summed E-state index contributed by atoms with van der Waals surface area (Å²) in [6.45, 7) is 5.05. The number of nitrogens with zero attached hydrogens (tertiary/aromatic N) is 1. The van der Waals surface area contributed by atoms with Gasteiger partial charge in [-0.05, 0) is 37.3 Å². The van der Waals surface area contributed by atoms with Gasteiger partial charge in [0, 0.05) is 30.4 Å². The molecule has 1 atom stereocenters. The summed E-state index contributed by atoms with van der Waals surface area (Å²) in [5.74, 6) is 0.318. The van der Waals surface area contributed by atoms with Crippen LogP contribution in [0.25, 0.3) is 0 Å². The molecule has 1 aromatic rings. The molecule has 1 N–H and O–H groups in total. The zero-order chi connectivity index (χ0) is 12.8. The zero-order valence-corrected chi connectivity index (χ0v) is 11.8. The molecule has 0 aliphatic carbocycles. The van der Waals surface area contributed by atoms with Crippen LogP contribution >= 0.6 is 11.3 Å². The number of thiophene rings is 1. The lowest BCUT2D eigenvalue weighted by molar-refractivity contribution is -0.133. The fourth-order valence-corrected chi connectivity index (χ4v) is 3.19. The van der Waals surface area contributed by atoms with Gasteiger partial charge in [0.2, 0.25) is 5.91 Å². The van der Waals surface area contributed by atoms with Crippen LogP contribution < -0.4 is 5.32 Å². The van der Waals surface area contributed by atoms with E-state index in [9.17, 15) is 4.79 Å². The molecular weight excluding hydrogens is 244 g/mol. The first-order chi connectivity index (χ1) is 8.81. The van der Waals surface area contributed by atoms with Crippen LogP contribution in [0.4, 0.5) is 0 Å². The van der Waals surface area contributed by atoms with Crippen molar-refractivity contribution in [3.05, 3.63) is 22.4 Å². The van der Waals surface area contributed by atoms with Gasteiger partial charge in [0.1, 0.15) is 0 Å². The van der Waals surface area contributed by atoms with E-state index in [4.69, 9.17) is 0 Å². The fourth-order valence-electron chi connectivity index (χ4n) is 2.49. The highest BCUT2D eigenvalue weighted by atomic mass is 32.1. The van der Waals surface area contributed by atoms with E-state index < -0.39 is 0 Å². The molecule has 1 saturated heterocycles. The van der Waals surface area contributed by atoms with Gasteiger partial charge in [-0.1, -0.05) is 13.0 Å². The number of carbonyl (C=O) groups is 1. The van der Waals surface area contributed by atoms with E-state index in [-0.39, 0.29) is 0 Å². The van der Waals surface area contributed by atoms with Gasteiger partial charge in [0.15, 0.2) is 0 Å². The average Bonchev–Trinajstić information content (AvgIpc) is 3.05. The van der Waals surface area contributed by atoms with E-state index in [2.05, 4.69) is 34.7 Å². The van der Waals surface area contributed by atoms with Crippen molar-refractivity contribution in [2.45, 2.75) is 38.6 Å². The third-order valence-electron chi connectivity index (χ3n) is 3.43. The number of hydrogen-bond donors (Lipinski definition) is 1. The Balaban J connectivity index is 1.86. The van der Waals surface area contributed by atoms with Crippen molar-refractivity contribution in [2.75, 3.05) is 19.6 Å². The van der Waals surface area contributed by atoms with Crippen molar-refractivity contribution in [2.24, 2.45) is 0 Å². The van der Waals surface area contributed by atoms with Crippen molar-refractivity contribution >= 4 is 17.2 Å². The first-order valence-corrected chi connectivity index (χ1v) is 7.71. The second-order valence-corrected chi connectivity index (χ2v) is 5.85. The summed E-state index contributed by atoms with van der Waals surface area (Å²) in [4.78, 5) is 15.7. The Kier molecular flexibility index (Phi) is 5.20. The largest absolute Gasteiger partial charge is 0.338 e. The number of hydrogen-bond acceptors (Lipinski definition) is 3. The van der Waals surface area contributed by atoms with Crippen LogP contribution in [0.1, 0.15) is 31.1 Å². The normalized spacial score (nSPS) is 19.1. The van der Waals surface area contributed by atoms with Crippen LogP contribution in [0, 0.1) is 0 Å². The summed E-state index contributed by atoms with van der Waals surface area (Å²) in [5.41, 5.74) is 0. The van der Waals surface area contributed by atoms with Crippen molar-refractivity contribution in [3.63, 3.8) is 0 Å².